The summed E-state index contributed by atoms with van der Waals surface area (Å²) in [5, 5.41) is 0. The molecular weight excluding hydrogens is 212 g/mol. The molecule has 0 amide bonds. The normalized spacial score (nSPS) is 16.1. The first kappa shape index (κ1) is 8.80. The number of fused-ring (bicyclic) bond motifs is 3. The summed E-state index contributed by atoms with van der Waals surface area (Å²) in [5.41, 5.74) is 4.15. The second-order valence-corrected chi connectivity index (χ2v) is 5.96. The van der Waals surface area contributed by atoms with Gasteiger partial charge in [0.25, 0.3) is 0 Å². The maximum Gasteiger partial charge on any atom is 0.194 e. The van der Waals surface area contributed by atoms with Gasteiger partial charge in [0.15, 0.2) is 4.96 Å². The maximum atomic E-state index is 4.70. The Kier molecular flexibility index (Phi) is 1.89. The molecule has 0 saturated heterocycles. The lowest BCUT2D eigenvalue weighted by atomic mass is 10.2. The van der Waals surface area contributed by atoms with Crippen LogP contribution in [0.5, 0.6) is 0 Å². The number of rotatable bonds is 0. The highest BCUT2D eigenvalue weighted by Gasteiger charge is 2.19. The van der Waals surface area contributed by atoms with Gasteiger partial charge in [0.1, 0.15) is 0 Å². The van der Waals surface area contributed by atoms with E-state index in [1.165, 1.54) is 32.7 Å². The van der Waals surface area contributed by atoms with Gasteiger partial charge in [-0.1, -0.05) is 0 Å². The minimum absolute atomic E-state index is 1.13. The van der Waals surface area contributed by atoms with E-state index in [1.54, 1.807) is 0 Å². The molecule has 0 aliphatic carbocycles. The van der Waals surface area contributed by atoms with E-state index in [0.717, 1.165) is 12.2 Å². The number of thioether (sulfide) groups is 1. The molecule has 0 N–H and O–H groups in total. The number of hydrogen-bond acceptors (Lipinski definition) is 3. The highest BCUT2D eigenvalue weighted by molar-refractivity contribution is 7.98. The second kappa shape index (κ2) is 3.00. The van der Waals surface area contributed by atoms with Gasteiger partial charge < -0.3 is 0 Å². The van der Waals surface area contributed by atoms with Crippen LogP contribution < -0.4 is 0 Å². The molecule has 0 spiro atoms. The van der Waals surface area contributed by atoms with Crippen molar-refractivity contribution in [2.45, 2.75) is 26.0 Å². The highest BCUT2D eigenvalue weighted by atomic mass is 32.2. The summed E-state index contributed by atoms with van der Waals surface area (Å²) in [5.74, 6) is 2.36. The molecule has 0 atom stereocenters. The van der Waals surface area contributed by atoms with E-state index in [1.807, 2.05) is 23.1 Å². The molecule has 0 fully saturated rings. The van der Waals surface area contributed by atoms with Crippen molar-refractivity contribution in [3.8, 4) is 0 Å². The third-order valence-corrected chi connectivity index (χ3v) is 4.86. The van der Waals surface area contributed by atoms with Crippen LogP contribution in [0.4, 0.5) is 0 Å². The van der Waals surface area contributed by atoms with Crippen molar-refractivity contribution >= 4 is 28.1 Å². The first-order chi connectivity index (χ1) is 6.77. The van der Waals surface area contributed by atoms with Gasteiger partial charge in [-0.15, -0.1) is 11.3 Å². The van der Waals surface area contributed by atoms with Crippen molar-refractivity contribution in [2.75, 3.05) is 5.75 Å². The fraction of sp³-hybridized carbons (Fsp3) is 0.500. The van der Waals surface area contributed by atoms with Crippen molar-refractivity contribution in [3.63, 3.8) is 0 Å². The SMILES string of the molecule is Cc1sc2nc3c(n2c1C)CSCC3. The minimum Gasteiger partial charge on any atom is -0.291 e. The summed E-state index contributed by atoms with van der Waals surface area (Å²) in [6, 6.07) is 0. The molecule has 1 aliphatic rings. The number of aryl methyl sites for hydroxylation is 3. The zero-order valence-corrected chi connectivity index (χ0v) is 9.97. The van der Waals surface area contributed by atoms with Gasteiger partial charge in [0.05, 0.1) is 11.4 Å². The highest BCUT2D eigenvalue weighted by Crippen LogP contribution is 2.30. The molecule has 3 heterocycles. The van der Waals surface area contributed by atoms with Crippen LogP contribution in [0.3, 0.4) is 0 Å². The van der Waals surface area contributed by atoms with Gasteiger partial charge in [0.2, 0.25) is 0 Å². The zero-order valence-electron chi connectivity index (χ0n) is 8.33. The number of thiazole rings is 1. The smallest absolute Gasteiger partial charge is 0.194 e. The van der Waals surface area contributed by atoms with Crippen LogP contribution in [0.25, 0.3) is 4.96 Å². The van der Waals surface area contributed by atoms with Gasteiger partial charge in [0, 0.05) is 22.7 Å². The predicted octanol–water partition coefficient (Wildman–Crippen LogP) is 2.80. The molecule has 14 heavy (non-hydrogen) atoms. The average Bonchev–Trinajstić information content (AvgIpc) is 2.65. The molecule has 2 nitrogen and oxygen atoms in total. The van der Waals surface area contributed by atoms with Gasteiger partial charge in [-0.3, -0.25) is 4.40 Å². The molecule has 4 heteroatoms. The van der Waals surface area contributed by atoms with Gasteiger partial charge in [-0.05, 0) is 19.6 Å². The molecule has 3 rings (SSSR count). The van der Waals surface area contributed by atoms with E-state index in [-0.39, 0.29) is 0 Å². The maximum absolute atomic E-state index is 4.70. The summed E-state index contributed by atoms with van der Waals surface area (Å²) in [6.07, 6.45) is 1.15. The van der Waals surface area contributed by atoms with Crippen molar-refractivity contribution in [1.82, 2.24) is 9.38 Å². The van der Waals surface area contributed by atoms with E-state index < -0.39 is 0 Å². The monoisotopic (exact) mass is 224 g/mol. The van der Waals surface area contributed by atoms with Crippen molar-refractivity contribution in [1.29, 1.82) is 0 Å². The fourth-order valence-corrected chi connectivity index (χ4v) is 3.92. The Morgan fingerprint density at radius 1 is 1.36 bits per heavy atom. The van der Waals surface area contributed by atoms with Crippen molar-refractivity contribution in [3.05, 3.63) is 22.0 Å². The van der Waals surface area contributed by atoms with Crippen LogP contribution in [0.1, 0.15) is 22.0 Å². The van der Waals surface area contributed by atoms with Crippen LogP contribution in [0.15, 0.2) is 0 Å². The average molecular weight is 224 g/mol. The quantitative estimate of drug-likeness (QED) is 0.684. The Morgan fingerprint density at radius 2 is 2.21 bits per heavy atom. The van der Waals surface area contributed by atoms with Crippen molar-refractivity contribution in [2.24, 2.45) is 0 Å². The van der Waals surface area contributed by atoms with Crippen LogP contribution in [-0.2, 0) is 12.2 Å². The number of nitrogens with zero attached hydrogens (tertiary/aromatic N) is 2. The standard InChI is InChI=1S/C10H12N2S2/c1-6-7(2)14-10-11-8-3-4-13-5-9(8)12(6)10/h3-5H2,1-2H3. The third kappa shape index (κ3) is 1.07. The van der Waals surface area contributed by atoms with Gasteiger partial charge in [-0.2, -0.15) is 11.8 Å². The molecule has 0 unspecified atom stereocenters. The lowest BCUT2D eigenvalue weighted by Gasteiger charge is -2.10. The summed E-state index contributed by atoms with van der Waals surface area (Å²) < 4.78 is 2.35. The van der Waals surface area contributed by atoms with Crippen molar-refractivity contribution < 1.29 is 0 Å². The molecule has 0 aromatic carbocycles. The van der Waals surface area contributed by atoms with E-state index >= 15 is 0 Å². The van der Waals surface area contributed by atoms with Crippen LogP contribution in [-0.4, -0.2) is 15.1 Å². The number of aromatic nitrogens is 2. The summed E-state index contributed by atoms with van der Waals surface area (Å²) >= 11 is 3.83. The lowest BCUT2D eigenvalue weighted by Crippen LogP contribution is -2.04. The largest absolute Gasteiger partial charge is 0.291 e. The molecular formula is C10H12N2S2. The van der Waals surface area contributed by atoms with E-state index in [4.69, 9.17) is 4.98 Å². The lowest BCUT2D eigenvalue weighted by molar-refractivity contribution is 0.971. The van der Waals surface area contributed by atoms with E-state index in [9.17, 15) is 0 Å². The van der Waals surface area contributed by atoms with E-state index in [0.29, 0.717) is 0 Å². The van der Waals surface area contributed by atoms with Gasteiger partial charge in [-0.25, -0.2) is 4.98 Å². The predicted molar refractivity (Wildman–Crippen MR) is 62.4 cm³/mol. The topological polar surface area (TPSA) is 17.3 Å². The van der Waals surface area contributed by atoms with E-state index in [2.05, 4.69) is 18.2 Å². The molecule has 0 bridgehead atoms. The first-order valence-corrected chi connectivity index (χ1v) is 6.78. The molecule has 0 saturated carbocycles. The third-order valence-electron chi connectivity index (χ3n) is 2.84. The Balaban J connectivity index is 2.36. The fourth-order valence-electron chi connectivity index (χ4n) is 1.94. The molecule has 74 valence electrons. The Morgan fingerprint density at radius 3 is 3.07 bits per heavy atom. The number of imidazole rings is 1. The zero-order chi connectivity index (χ0) is 9.71. The molecule has 2 aromatic heterocycles. The first-order valence-electron chi connectivity index (χ1n) is 4.81. The second-order valence-electron chi connectivity index (χ2n) is 3.67. The summed E-state index contributed by atoms with van der Waals surface area (Å²) in [6.45, 7) is 4.37. The number of hydrogen-bond donors (Lipinski definition) is 0. The van der Waals surface area contributed by atoms with Crippen LogP contribution >= 0.6 is 23.1 Å². The minimum atomic E-state index is 1.13. The summed E-state index contributed by atoms with van der Waals surface area (Å²) in [4.78, 5) is 7.28. The Labute approximate surface area is 91.4 Å². The Hall–Kier alpha value is -0.480. The molecule has 1 aliphatic heterocycles. The van der Waals surface area contributed by atoms with Crippen LogP contribution in [0, 0.1) is 13.8 Å². The summed E-state index contributed by atoms with van der Waals surface area (Å²) in [7, 11) is 0. The molecule has 2 aromatic rings. The molecule has 0 radical (unpaired) electrons. The Bertz CT molecular complexity index is 496. The van der Waals surface area contributed by atoms with Crippen LogP contribution in [0.2, 0.25) is 0 Å². The van der Waals surface area contributed by atoms with Gasteiger partial charge >= 0.3 is 0 Å².